The molecule has 0 radical (unpaired) electrons. The number of hydrogen-bond donors (Lipinski definition) is 3. The summed E-state index contributed by atoms with van der Waals surface area (Å²) in [6.07, 6.45) is 1.69. The van der Waals surface area contributed by atoms with Crippen LogP contribution in [0.2, 0.25) is 0 Å². The standard InChI is InChI=1S/C10H18N6O2/c1-7(2)6-16(4-3-9(11)14-18)10(17)8-5-12-15-13-8/h5,7,18H,3-4,6H2,1-2H3,(H2,11,14)(H,12,13,15). The molecule has 0 aliphatic carbocycles. The van der Waals surface area contributed by atoms with Gasteiger partial charge in [0.15, 0.2) is 5.69 Å². The van der Waals surface area contributed by atoms with Crippen LogP contribution in [0.25, 0.3) is 0 Å². The minimum absolute atomic E-state index is 0.0942. The number of carbonyl (C=O) groups excluding carboxylic acids is 1. The number of aromatic amines is 1. The van der Waals surface area contributed by atoms with Crippen molar-refractivity contribution in [2.75, 3.05) is 13.1 Å². The second kappa shape index (κ2) is 6.58. The maximum atomic E-state index is 12.1. The van der Waals surface area contributed by atoms with Gasteiger partial charge in [-0.15, -0.1) is 0 Å². The summed E-state index contributed by atoms with van der Waals surface area (Å²) in [5, 5.41) is 21.1. The van der Waals surface area contributed by atoms with Crippen molar-refractivity contribution in [3.8, 4) is 0 Å². The second-order valence-electron chi connectivity index (χ2n) is 4.34. The molecule has 0 aromatic carbocycles. The number of nitrogens with one attached hydrogen (secondary N) is 1. The van der Waals surface area contributed by atoms with Gasteiger partial charge >= 0.3 is 0 Å². The average Bonchev–Trinajstić information content (AvgIpc) is 2.86. The summed E-state index contributed by atoms with van der Waals surface area (Å²) in [5.41, 5.74) is 5.66. The SMILES string of the molecule is CC(C)CN(CCC(N)=NO)C(=O)c1cn[nH]n1. The van der Waals surface area contributed by atoms with E-state index >= 15 is 0 Å². The van der Waals surface area contributed by atoms with Crippen LogP contribution in [-0.4, -0.2) is 50.4 Å². The Morgan fingerprint density at radius 2 is 2.39 bits per heavy atom. The van der Waals surface area contributed by atoms with Crippen molar-refractivity contribution >= 4 is 11.7 Å². The summed E-state index contributed by atoms with van der Waals surface area (Å²) in [7, 11) is 0. The highest BCUT2D eigenvalue weighted by atomic mass is 16.4. The number of hydrogen-bond acceptors (Lipinski definition) is 5. The number of oxime groups is 1. The van der Waals surface area contributed by atoms with Crippen LogP contribution in [-0.2, 0) is 0 Å². The lowest BCUT2D eigenvalue weighted by molar-refractivity contribution is 0.0734. The zero-order chi connectivity index (χ0) is 13.5. The third-order valence-electron chi connectivity index (χ3n) is 2.27. The quantitative estimate of drug-likeness (QED) is 0.286. The monoisotopic (exact) mass is 254 g/mol. The number of nitrogens with zero attached hydrogens (tertiary/aromatic N) is 4. The van der Waals surface area contributed by atoms with Crippen LogP contribution in [0.3, 0.4) is 0 Å². The summed E-state index contributed by atoms with van der Waals surface area (Å²) in [5.74, 6) is 0.188. The van der Waals surface area contributed by atoms with Crippen molar-refractivity contribution in [2.24, 2.45) is 16.8 Å². The maximum Gasteiger partial charge on any atom is 0.276 e. The van der Waals surface area contributed by atoms with Gasteiger partial charge in [-0.2, -0.15) is 15.4 Å². The fraction of sp³-hybridized carbons (Fsp3) is 0.600. The average molecular weight is 254 g/mol. The lowest BCUT2D eigenvalue weighted by Crippen LogP contribution is -2.37. The molecule has 8 nitrogen and oxygen atoms in total. The topological polar surface area (TPSA) is 120 Å². The zero-order valence-corrected chi connectivity index (χ0v) is 10.5. The molecule has 0 unspecified atom stereocenters. The van der Waals surface area contributed by atoms with Gasteiger partial charge in [0.2, 0.25) is 0 Å². The van der Waals surface area contributed by atoms with Gasteiger partial charge in [-0.05, 0) is 5.92 Å². The second-order valence-corrected chi connectivity index (χ2v) is 4.34. The molecule has 0 saturated heterocycles. The number of amidine groups is 1. The Kier molecular flexibility index (Phi) is 5.09. The fourth-order valence-corrected chi connectivity index (χ4v) is 1.48. The van der Waals surface area contributed by atoms with Gasteiger partial charge in [-0.25, -0.2) is 0 Å². The predicted molar refractivity (Wildman–Crippen MR) is 65.2 cm³/mol. The molecule has 0 atom stereocenters. The summed E-state index contributed by atoms with van der Waals surface area (Å²) in [6.45, 7) is 4.96. The van der Waals surface area contributed by atoms with Crippen LogP contribution < -0.4 is 5.73 Å². The Hall–Kier alpha value is -2.12. The minimum Gasteiger partial charge on any atom is -0.409 e. The third kappa shape index (κ3) is 4.04. The number of carbonyl (C=O) groups is 1. The van der Waals surface area contributed by atoms with E-state index in [1.165, 1.54) is 6.20 Å². The van der Waals surface area contributed by atoms with E-state index in [9.17, 15) is 4.79 Å². The van der Waals surface area contributed by atoms with E-state index in [2.05, 4.69) is 20.6 Å². The van der Waals surface area contributed by atoms with Gasteiger partial charge in [0, 0.05) is 19.5 Å². The molecule has 0 aliphatic heterocycles. The van der Waals surface area contributed by atoms with Crippen LogP contribution in [0, 0.1) is 5.92 Å². The highest BCUT2D eigenvalue weighted by Crippen LogP contribution is 2.05. The molecule has 18 heavy (non-hydrogen) atoms. The van der Waals surface area contributed by atoms with Gasteiger partial charge < -0.3 is 15.8 Å². The summed E-state index contributed by atoms with van der Waals surface area (Å²) < 4.78 is 0. The van der Waals surface area contributed by atoms with E-state index < -0.39 is 0 Å². The molecule has 0 spiro atoms. The molecule has 0 fully saturated rings. The van der Waals surface area contributed by atoms with Crippen LogP contribution in [0.4, 0.5) is 0 Å². The van der Waals surface area contributed by atoms with Crippen molar-refractivity contribution in [1.82, 2.24) is 20.3 Å². The van der Waals surface area contributed by atoms with E-state index in [1.807, 2.05) is 13.8 Å². The first kappa shape index (κ1) is 13.9. The van der Waals surface area contributed by atoms with Gasteiger partial charge in [0.1, 0.15) is 5.84 Å². The van der Waals surface area contributed by atoms with Crippen LogP contribution in [0.15, 0.2) is 11.4 Å². The molecule has 8 heteroatoms. The molecule has 1 aromatic heterocycles. The Morgan fingerprint density at radius 1 is 1.67 bits per heavy atom. The number of rotatable bonds is 6. The van der Waals surface area contributed by atoms with Crippen LogP contribution >= 0.6 is 0 Å². The Labute approximate surface area is 105 Å². The predicted octanol–water partition coefficient (Wildman–Crippen LogP) is 0.0394. The van der Waals surface area contributed by atoms with Crippen molar-refractivity contribution in [2.45, 2.75) is 20.3 Å². The van der Waals surface area contributed by atoms with E-state index in [0.29, 0.717) is 25.4 Å². The van der Waals surface area contributed by atoms with Crippen LogP contribution in [0.5, 0.6) is 0 Å². The molecule has 1 aromatic rings. The van der Waals surface area contributed by atoms with E-state index in [0.717, 1.165) is 0 Å². The Bertz CT molecular complexity index is 401. The van der Waals surface area contributed by atoms with Gasteiger partial charge in [-0.1, -0.05) is 19.0 Å². The summed E-state index contributed by atoms with van der Waals surface area (Å²) in [4.78, 5) is 13.7. The van der Waals surface area contributed by atoms with Crippen LogP contribution in [0.1, 0.15) is 30.8 Å². The lowest BCUT2D eigenvalue weighted by Gasteiger charge is -2.23. The first-order valence-corrected chi connectivity index (χ1v) is 5.66. The van der Waals surface area contributed by atoms with Crippen molar-refractivity contribution in [3.63, 3.8) is 0 Å². The third-order valence-corrected chi connectivity index (χ3v) is 2.27. The molecular formula is C10H18N6O2. The molecule has 4 N–H and O–H groups in total. The largest absolute Gasteiger partial charge is 0.409 e. The zero-order valence-electron chi connectivity index (χ0n) is 10.5. The normalized spacial score (nSPS) is 11.8. The van der Waals surface area contributed by atoms with Gasteiger partial charge in [-0.3, -0.25) is 4.79 Å². The minimum atomic E-state index is -0.219. The summed E-state index contributed by atoms with van der Waals surface area (Å²) in [6, 6.07) is 0. The molecule has 0 aliphatic rings. The van der Waals surface area contributed by atoms with Gasteiger partial charge in [0.05, 0.1) is 6.20 Å². The highest BCUT2D eigenvalue weighted by molar-refractivity contribution is 5.92. The Balaban J connectivity index is 2.69. The smallest absolute Gasteiger partial charge is 0.276 e. The molecular weight excluding hydrogens is 236 g/mol. The number of nitrogens with two attached hydrogens (primary N) is 1. The number of amides is 1. The lowest BCUT2D eigenvalue weighted by atomic mass is 10.2. The van der Waals surface area contributed by atoms with Crippen molar-refractivity contribution in [3.05, 3.63) is 11.9 Å². The van der Waals surface area contributed by atoms with E-state index in [-0.39, 0.29) is 17.4 Å². The molecule has 1 amide bonds. The van der Waals surface area contributed by atoms with Crippen molar-refractivity contribution in [1.29, 1.82) is 0 Å². The molecule has 0 bridgehead atoms. The Morgan fingerprint density at radius 3 is 2.89 bits per heavy atom. The number of aromatic nitrogens is 3. The fourth-order valence-electron chi connectivity index (χ4n) is 1.48. The van der Waals surface area contributed by atoms with Crippen molar-refractivity contribution < 1.29 is 10.0 Å². The maximum absolute atomic E-state index is 12.1. The molecule has 1 heterocycles. The summed E-state index contributed by atoms with van der Waals surface area (Å²) >= 11 is 0. The first-order valence-electron chi connectivity index (χ1n) is 5.66. The molecule has 1 rings (SSSR count). The van der Waals surface area contributed by atoms with E-state index in [1.54, 1.807) is 4.90 Å². The molecule has 0 saturated carbocycles. The number of H-pyrrole nitrogens is 1. The van der Waals surface area contributed by atoms with Gasteiger partial charge in [0.25, 0.3) is 5.91 Å². The first-order chi connectivity index (χ1) is 8.54. The van der Waals surface area contributed by atoms with E-state index in [4.69, 9.17) is 10.9 Å². The molecule has 100 valence electrons. The highest BCUT2D eigenvalue weighted by Gasteiger charge is 2.19.